The van der Waals surface area contributed by atoms with Crippen molar-refractivity contribution in [2.75, 3.05) is 5.32 Å². The zero-order valence-electron chi connectivity index (χ0n) is 9.61. The van der Waals surface area contributed by atoms with Gasteiger partial charge in [0.25, 0.3) is 0 Å². The molecule has 1 amide bonds. The fourth-order valence-corrected chi connectivity index (χ4v) is 2.33. The molecule has 17 heavy (non-hydrogen) atoms. The van der Waals surface area contributed by atoms with Gasteiger partial charge in [-0.05, 0) is 71.4 Å². The Labute approximate surface area is 128 Å². The quantitative estimate of drug-likeness (QED) is 0.498. The molecule has 0 aliphatic rings. The maximum atomic E-state index is 11.6. The maximum absolute atomic E-state index is 11.6. The minimum atomic E-state index is -0.534. The zero-order chi connectivity index (χ0) is 13.2. The van der Waals surface area contributed by atoms with Crippen molar-refractivity contribution in [3.63, 3.8) is 0 Å². The van der Waals surface area contributed by atoms with Gasteiger partial charge in [0.15, 0.2) is 0 Å². The molecule has 1 N–H and O–H groups in total. The monoisotopic (exact) mass is 431 g/mol. The summed E-state index contributed by atoms with van der Waals surface area (Å²) >= 11 is 11.5. The second-order valence-corrected chi connectivity index (χ2v) is 6.74. The molecule has 0 saturated heterocycles. The van der Waals surface area contributed by atoms with Crippen molar-refractivity contribution in [3.05, 3.63) is 25.2 Å². The van der Waals surface area contributed by atoms with E-state index in [1.165, 1.54) is 0 Å². The van der Waals surface area contributed by atoms with Gasteiger partial charge in [0.1, 0.15) is 5.60 Å². The second kappa shape index (κ2) is 5.75. The molecule has 0 radical (unpaired) electrons. The minimum absolute atomic E-state index is 0.461. The van der Waals surface area contributed by atoms with Gasteiger partial charge in [0, 0.05) is 8.04 Å². The lowest BCUT2D eigenvalue weighted by Crippen LogP contribution is -2.27. The molecule has 1 aromatic carbocycles. The van der Waals surface area contributed by atoms with Crippen molar-refractivity contribution < 1.29 is 9.53 Å². The molecule has 0 aliphatic heterocycles. The maximum Gasteiger partial charge on any atom is 0.412 e. The van der Waals surface area contributed by atoms with E-state index in [1.54, 1.807) is 20.8 Å². The summed E-state index contributed by atoms with van der Waals surface area (Å²) in [5.41, 5.74) is 0.0180. The summed E-state index contributed by atoms with van der Waals surface area (Å²) in [6, 6.07) is 3.67. The average Bonchev–Trinajstić information content (AvgIpc) is 2.16. The van der Waals surface area contributed by atoms with Crippen molar-refractivity contribution in [1.82, 2.24) is 0 Å². The fraction of sp³-hybridized carbons (Fsp3) is 0.364. The van der Waals surface area contributed by atoms with Crippen LogP contribution >= 0.6 is 50.1 Å². The Hall–Kier alpha value is -0.0100. The first-order chi connectivity index (χ1) is 7.70. The molecule has 0 bridgehead atoms. The Morgan fingerprint density at radius 2 is 2.06 bits per heavy atom. The standard InChI is InChI=1S/C11H12BrClINO2/c1-11(2,3)17-10(16)15-9-7(14)5-4-6(12)8(9)13/h4-5H,1-3H3,(H,15,16). The number of benzene rings is 1. The van der Waals surface area contributed by atoms with E-state index in [9.17, 15) is 4.79 Å². The van der Waals surface area contributed by atoms with Crippen molar-refractivity contribution in [2.45, 2.75) is 26.4 Å². The Balaban J connectivity index is 2.89. The van der Waals surface area contributed by atoms with Gasteiger partial charge in [-0.3, -0.25) is 5.32 Å². The Kier molecular flexibility index (Phi) is 5.09. The second-order valence-electron chi connectivity index (χ2n) is 4.35. The highest BCUT2D eigenvalue weighted by molar-refractivity contribution is 14.1. The van der Waals surface area contributed by atoms with Crippen LogP contribution in [0.3, 0.4) is 0 Å². The lowest BCUT2D eigenvalue weighted by molar-refractivity contribution is 0.0636. The number of hydrogen-bond acceptors (Lipinski definition) is 2. The molecule has 0 fully saturated rings. The molecule has 1 aromatic rings. The van der Waals surface area contributed by atoms with Crippen LogP contribution in [-0.4, -0.2) is 11.7 Å². The lowest BCUT2D eigenvalue weighted by Gasteiger charge is -2.20. The topological polar surface area (TPSA) is 38.3 Å². The van der Waals surface area contributed by atoms with Crippen LogP contribution in [0, 0.1) is 3.57 Å². The van der Waals surface area contributed by atoms with E-state index >= 15 is 0 Å². The van der Waals surface area contributed by atoms with Crippen LogP contribution in [0.5, 0.6) is 0 Å². The van der Waals surface area contributed by atoms with Crippen LogP contribution < -0.4 is 5.32 Å². The molecule has 0 atom stereocenters. The highest BCUT2D eigenvalue weighted by atomic mass is 127. The van der Waals surface area contributed by atoms with E-state index in [4.69, 9.17) is 16.3 Å². The van der Waals surface area contributed by atoms with E-state index in [-0.39, 0.29) is 0 Å². The number of hydrogen-bond donors (Lipinski definition) is 1. The Morgan fingerprint density at radius 1 is 1.47 bits per heavy atom. The molecule has 0 aromatic heterocycles. The third kappa shape index (κ3) is 4.63. The molecule has 0 spiro atoms. The van der Waals surface area contributed by atoms with Gasteiger partial charge >= 0.3 is 6.09 Å². The van der Waals surface area contributed by atoms with Gasteiger partial charge in [0.2, 0.25) is 0 Å². The number of halogens is 3. The number of rotatable bonds is 1. The van der Waals surface area contributed by atoms with Crippen LogP contribution in [0.2, 0.25) is 5.02 Å². The normalized spacial score (nSPS) is 11.2. The summed E-state index contributed by atoms with van der Waals surface area (Å²) < 4.78 is 6.74. The minimum Gasteiger partial charge on any atom is -0.444 e. The van der Waals surface area contributed by atoms with E-state index < -0.39 is 11.7 Å². The van der Waals surface area contributed by atoms with Crippen LogP contribution in [-0.2, 0) is 4.74 Å². The zero-order valence-corrected chi connectivity index (χ0v) is 14.1. The SMILES string of the molecule is CC(C)(C)OC(=O)Nc1c(I)ccc(Br)c1Cl. The number of anilines is 1. The van der Waals surface area contributed by atoms with Crippen molar-refractivity contribution in [1.29, 1.82) is 0 Å². The van der Waals surface area contributed by atoms with Crippen molar-refractivity contribution >= 4 is 61.9 Å². The Bertz CT molecular complexity index is 446. The molecular formula is C11H12BrClINO2. The summed E-state index contributed by atoms with van der Waals surface area (Å²) in [7, 11) is 0. The van der Waals surface area contributed by atoms with Gasteiger partial charge in [-0.2, -0.15) is 0 Å². The highest BCUT2D eigenvalue weighted by Gasteiger charge is 2.18. The molecule has 94 valence electrons. The van der Waals surface area contributed by atoms with Gasteiger partial charge < -0.3 is 4.74 Å². The fourth-order valence-electron chi connectivity index (χ4n) is 1.05. The molecule has 1 rings (SSSR count). The molecule has 6 heteroatoms. The first kappa shape index (κ1) is 15.0. The van der Waals surface area contributed by atoms with Gasteiger partial charge in [0.05, 0.1) is 10.7 Å². The smallest absolute Gasteiger partial charge is 0.412 e. The van der Waals surface area contributed by atoms with Crippen molar-refractivity contribution in [3.8, 4) is 0 Å². The number of nitrogens with one attached hydrogen (secondary N) is 1. The Morgan fingerprint density at radius 3 is 2.59 bits per heavy atom. The highest BCUT2D eigenvalue weighted by Crippen LogP contribution is 2.34. The van der Waals surface area contributed by atoms with E-state index in [0.717, 1.165) is 8.04 Å². The van der Waals surface area contributed by atoms with Gasteiger partial charge in [-0.1, -0.05) is 11.6 Å². The van der Waals surface area contributed by atoms with Crippen LogP contribution in [0.25, 0.3) is 0 Å². The summed E-state index contributed by atoms with van der Waals surface area (Å²) in [6.45, 7) is 5.42. The number of ether oxygens (including phenoxy) is 1. The predicted octanol–water partition coefficient (Wildman–Crippen LogP) is 5.05. The first-order valence-electron chi connectivity index (χ1n) is 4.84. The van der Waals surface area contributed by atoms with Crippen LogP contribution in [0.1, 0.15) is 20.8 Å². The third-order valence-electron chi connectivity index (χ3n) is 1.67. The summed E-state index contributed by atoms with van der Waals surface area (Å²) in [5, 5.41) is 3.11. The van der Waals surface area contributed by atoms with E-state index in [0.29, 0.717) is 10.7 Å². The first-order valence-corrected chi connectivity index (χ1v) is 7.09. The molecule has 3 nitrogen and oxygen atoms in total. The summed E-state index contributed by atoms with van der Waals surface area (Å²) in [4.78, 5) is 11.6. The van der Waals surface area contributed by atoms with E-state index in [2.05, 4.69) is 43.8 Å². The number of carbonyl (C=O) groups excluding carboxylic acids is 1. The summed E-state index contributed by atoms with van der Waals surface area (Å²) in [5.74, 6) is 0. The molecular weight excluding hydrogens is 420 g/mol. The van der Waals surface area contributed by atoms with E-state index in [1.807, 2.05) is 12.1 Å². The predicted molar refractivity (Wildman–Crippen MR) is 81.7 cm³/mol. The third-order valence-corrected chi connectivity index (χ3v) is 3.85. The molecule has 0 heterocycles. The number of amides is 1. The summed E-state index contributed by atoms with van der Waals surface area (Å²) in [6.07, 6.45) is -0.518. The molecule has 0 unspecified atom stereocenters. The van der Waals surface area contributed by atoms with Crippen molar-refractivity contribution in [2.24, 2.45) is 0 Å². The van der Waals surface area contributed by atoms with Gasteiger partial charge in [-0.15, -0.1) is 0 Å². The van der Waals surface area contributed by atoms with Crippen LogP contribution in [0.15, 0.2) is 16.6 Å². The lowest BCUT2D eigenvalue weighted by atomic mass is 10.2. The molecule has 0 saturated carbocycles. The molecule has 0 aliphatic carbocycles. The van der Waals surface area contributed by atoms with Gasteiger partial charge in [-0.25, -0.2) is 4.79 Å². The number of carbonyl (C=O) groups is 1. The van der Waals surface area contributed by atoms with Crippen LogP contribution in [0.4, 0.5) is 10.5 Å². The average molecular weight is 432 g/mol. The largest absolute Gasteiger partial charge is 0.444 e.